The molecule has 2 amide bonds. The van der Waals surface area contributed by atoms with Crippen LogP contribution in [0.25, 0.3) is 15.9 Å². The van der Waals surface area contributed by atoms with Gasteiger partial charge in [0.15, 0.2) is 10.8 Å². The molecule has 10 heteroatoms. The number of aryl methyl sites for hydroxylation is 2. The van der Waals surface area contributed by atoms with Crippen molar-refractivity contribution in [2.75, 3.05) is 5.75 Å². The Labute approximate surface area is 201 Å². The summed E-state index contributed by atoms with van der Waals surface area (Å²) >= 11 is 3.11. The van der Waals surface area contributed by atoms with Crippen LogP contribution in [0.1, 0.15) is 81.0 Å². The topological polar surface area (TPSA) is 101 Å². The molecule has 0 aromatic carbocycles. The van der Waals surface area contributed by atoms with E-state index < -0.39 is 0 Å². The number of hydrogen-bond donors (Lipinski definition) is 2. The Hall–Kier alpha value is -2.20. The highest BCUT2D eigenvalue weighted by Gasteiger charge is 2.25. The van der Waals surface area contributed by atoms with E-state index in [-0.39, 0.29) is 29.4 Å². The maximum atomic E-state index is 12.4. The van der Waals surface area contributed by atoms with E-state index in [1.54, 1.807) is 11.3 Å². The van der Waals surface area contributed by atoms with Crippen molar-refractivity contribution in [1.29, 1.82) is 0 Å². The summed E-state index contributed by atoms with van der Waals surface area (Å²) in [4.78, 5) is 32.2. The minimum atomic E-state index is -0.256. The van der Waals surface area contributed by atoms with Gasteiger partial charge >= 0.3 is 0 Å². The molecular formula is C23H30N6O2S2. The number of nitrogens with zero attached hydrogens (tertiary/aromatic N) is 4. The highest BCUT2D eigenvalue weighted by atomic mass is 32.2. The number of carbonyl (C=O) groups is 2. The first-order valence-corrected chi connectivity index (χ1v) is 13.7. The standard InChI is InChI=1S/C23H30N6O2S2/c1-13(2)19-24-22-18(15-10-6-7-11-16(15)33-22)20-26-28-23(29(19)20)32-12-17(30)25-27-21(31)14-8-4-3-5-9-14/h13-14H,3-12H2,1-2H3,(H,25,30)(H,27,31). The van der Waals surface area contributed by atoms with Gasteiger partial charge in [-0.05, 0) is 44.1 Å². The third-order valence-electron chi connectivity index (χ3n) is 6.60. The number of thiophene rings is 1. The molecule has 0 radical (unpaired) electrons. The Balaban J connectivity index is 1.34. The van der Waals surface area contributed by atoms with E-state index in [0.29, 0.717) is 5.16 Å². The van der Waals surface area contributed by atoms with E-state index in [0.717, 1.165) is 60.2 Å². The second-order valence-electron chi connectivity index (χ2n) is 9.32. The van der Waals surface area contributed by atoms with Crippen LogP contribution in [-0.4, -0.2) is 37.1 Å². The Bertz CT molecular complexity index is 1190. The SMILES string of the molecule is CC(C)c1nc2sc3c(c2c2nnc(SCC(=O)NNC(=O)C4CCCCC4)n12)CCCC3. The number of fused-ring (bicyclic) bond motifs is 5. The molecular weight excluding hydrogens is 456 g/mol. The van der Waals surface area contributed by atoms with Crippen molar-refractivity contribution in [3.05, 3.63) is 16.3 Å². The summed E-state index contributed by atoms with van der Waals surface area (Å²) in [5.74, 6) is 0.907. The van der Waals surface area contributed by atoms with Gasteiger partial charge in [0.25, 0.3) is 0 Å². The number of hydrazine groups is 1. The smallest absolute Gasteiger partial charge is 0.248 e. The molecule has 0 bridgehead atoms. The molecule has 2 aliphatic rings. The van der Waals surface area contributed by atoms with Crippen LogP contribution in [-0.2, 0) is 22.4 Å². The number of carbonyl (C=O) groups excluding carboxylic acids is 2. The number of hydrogen-bond acceptors (Lipinski definition) is 7. The third-order valence-corrected chi connectivity index (χ3v) is 8.72. The number of amides is 2. The molecule has 3 aromatic heterocycles. The molecule has 1 saturated carbocycles. The predicted molar refractivity (Wildman–Crippen MR) is 130 cm³/mol. The van der Waals surface area contributed by atoms with Crippen LogP contribution in [0.15, 0.2) is 5.16 Å². The number of aromatic nitrogens is 4. The Kier molecular flexibility index (Phi) is 6.56. The number of rotatable bonds is 5. The van der Waals surface area contributed by atoms with E-state index in [1.165, 1.54) is 41.5 Å². The summed E-state index contributed by atoms with van der Waals surface area (Å²) in [6, 6.07) is 0. The van der Waals surface area contributed by atoms with E-state index in [2.05, 4.69) is 34.9 Å². The zero-order valence-electron chi connectivity index (χ0n) is 19.1. The number of nitrogens with one attached hydrogen (secondary N) is 2. The van der Waals surface area contributed by atoms with Gasteiger partial charge in [-0.1, -0.05) is 44.9 Å². The number of thioether (sulfide) groups is 1. The van der Waals surface area contributed by atoms with Gasteiger partial charge in [0.1, 0.15) is 10.7 Å². The second-order valence-corrected chi connectivity index (χ2v) is 11.3. The third kappa shape index (κ3) is 4.47. The van der Waals surface area contributed by atoms with Crippen LogP contribution < -0.4 is 10.9 Å². The highest BCUT2D eigenvalue weighted by Crippen LogP contribution is 2.39. The lowest BCUT2D eigenvalue weighted by atomic mass is 9.89. The Morgan fingerprint density at radius 1 is 1.09 bits per heavy atom. The van der Waals surface area contributed by atoms with Crippen LogP contribution in [0.2, 0.25) is 0 Å². The Morgan fingerprint density at radius 2 is 1.88 bits per heavy atom. The molecule has 0 saturated heterocycles. The lowest BCUT2D eigenvalue weighted by molar-refractivity contribution is -0.131. The van der Waals surface area contributed by atoms with Crippen LogP contribution in [0.4, 0.5) is 0 Å². The molecule has 1 fully saturated rings. The minimum absolute atomic E-state index is 0.00534. The van der Waals surface area contributed by atoms with Gasteiger partial charge in [-0.2, -0.15) is 0 Å². The molecule has 33 heavy (non-hydrogen) atoms. The average Bonchev–Trinajstić information content (AvgIpc) is 3.42. The summed E-state index contributed by atoms with van der Waals surface area (Å²) in [5.41, 5.74) is 7.38. The summed E-state index contributed by atoms with van der Waals surface area (Å²) in [7, 11) is 0. The molecule has 176 valence electrons. The highest BCUT2D eigenvalue weighted by molar-refractivity contribution is 7.99. The lowest BCUT2D eigenvalue weighted by Crippen LogP contribution is -2.45. The van der Waals surface area contributed by atoms with E-state index in [9.17, 15) is 9.59 Å². The van der Waals surface area contributed by atoms with Crippen molar-refractivity contribution in [1.82, 2.24) is 30.4 Å². The predicted octanol–water partition coefficient (Wildman–Crippen LogP) is 4.16. The molecule has 8 nitrogen and oxygen atoms in total. The van der Waals surface area contributed by atoms with Gasteiger partial charge in [-0.25, -0.2) is 4.98 Å². The monoisotopic (exact) mass is 486 g/mol. The maximum absolute atomic E-state index is 12.4. The van der Waals surface area contributed by atoms with Crippen LogP contribution in [0.3, 0.4) is 0 Å². The van der Waals surface area contributed by atoms with Crippen molar-refractivity contribution < 1.29 is 9.59 Å². The van der Waals surface area contributed by atoms with Gasteiger partial charge in [-0.15, -0.1) is 21.5 Å². The van der Waals surface area contributed by atoms with E-state index in [1.807, 2.05) is 4.40 Å². The molecule has 2 N–H and O–H groups in total. The fourth-order valence-corrected chi connectivity index (χ4v) is 6.90. The van der Waals surface area contributed by atoms with Crippen molar-refractivity contribution >= 4 is 50.8 Å². The Morgan fingerprint density at radius 3 is 2.67 bits per heavy atom. The summed E-state index contributed by atoms with van der Waals surface area (Å²) in [6.07, 6.45) is 9.74. The molecule has 0 atom stereocenters. The molecule has 0 spiro atoms. The summed E-state index contributed by atoms with van der Waals surface area (Å²) in [6.45, 7) is 4.23. The van der Waals surface area contributed by atoms with E-state index >= 15 is 0 Å². The van der Waals surface area contributed by atoms with Gasteiger partial charge in [0, 0.05) is 16.7 Å². The second kappa shape index (κ2) is 9.58. The first kappa shape index (κ1) is 22.6. The van der Waals surface area contributed by atoms with Crippen LogP contribution in [0.5, 0.6) is 0 Å². The normalized spacial score (nSPS) is 16.9. The maximum Gasteiger partial charge on any atom is 0.248 e. The molecule has 2 aliphatic carbocycles. The van der Waals surface area contributed by atoms with E-state index in [4.69, 9.17) is 4.98 Å². The van der Waals surface area contributed by atoms with Gasteiger partial charge in [0.05, 0.1) is 11.1 Å². The first-order valence-electron chi connectivity index (χ1n) is 11.9. The van der Waals surface area contributed by atoms with Gasteiger partial charge in [0.2, 0.25) is 11.8 Å². The van der Waals surface area contributed by atoms with Crippen LogP contribution in [0, 0.1) is 5.92 Å². The molecule has 0 aliphatic heterocycles. The lowest BCUT2D eigenvalue weighted by Gasteiger charge is -2.20. The van der Waals surface area contributed by atoms with Crippen LogP contribution >= 0.6 is 23.1 Å². The minimum Gasteiger partial charge on any atom is -0.273 e. The largest absolute Gasteiger partial charge is 0.273 e. The molecule has 5 rings (SSSR count). The molecule has 3 heterocycles. The van der Waals surface area contributed by atoms with Gasteiger partial charge in [-0.3, -0.25) is 24.8 Å². The van der Waals surface area contributed by atoms with Crippen molar-refractivity contribution in [3.63, 3.8) is 0 Å². The summed E-state index contributed by atoms with van der Waals surface area (Å²) in [5, 5.41) is 10.8. The zero-order chi connectivity index (χ0) is 22.9. The molecule has 0 unspecified atom stereocenters. The first-order chi connectivity index (χ1) is 16.0. The average molecular weight is 487 g/mol. The quantitative estimate of drug-likeness (QED) is 0.415. The van der Waals surface area contributed by atoms with Gasteiger partial charge < -0.3 is 0 Å². The molecule has 3 aromatic rings. The van der Waals surface area contributed by atoms with Crippen molar-refractivity contribution in [3.8, 4) is 0 Å². The van der Waals surface area contributed by atoms with Crippen molar-refractivity contribution in [2.45, 2.75) is 82.7 Å². The fourth-order valence-electron chi connectivity index (χ4n) is 4.90. The summed E-state index contributed by atoms with van der Waals surface area (Å²) < 4.78 is 2.02. The zero-order valence-corrected chi connectivity index (χ0v) is 20.8. The van der Waals surface area contributed by atoms with Crippen molar-refractivity contribution in [2.24, 2.45) is 5.92 Å². The fraction of sp³-hybridized carbons (Fsp3) is 0.609.